The van der Waals surface area contributed by atoms with Crippen LogP contribution in [0.15, 0.2) is 48.6 Å². The number of ether oxygens (including phenoxy) is 1. The summed E-state index contributed by atoms with van der Waals surface area (Å²) in [5, 5.41) is -0.183. The van der Waals surface area contributed by atoms with E-state index in [2.05, 4.69) is 12.2 Å². The first-order chi connectivity index (χ1) is 15.8. The molecule has 1 aliphatic heterocycles. The molecular weight excluding hydrogens is 452 g/mol. The minimum atomic E-state index is -0.782. The lowest BCUT2D eigenvalue weighted by molar-refractivity contribution is -0.124. The fourth-order valence-corrected chi connectivity index (χ4v) is 6.04. The predicted octanol–water partition coefficient (Wildman–Crippen LogP) is 4.44. The van der Waals surface area contributed by atoms with E-state index in [1.165, 1.54) is 24.3 Å². The molecule has 6 atom stereocenters. The van der Waals surface area contributed by atoms with Crippen LogP contribution < -0.4 is 9.64 Å². The van der Waals surface area contributed by atoms with Gasteiger partial charge in [0.25, 0.3) is 0 Å². The maximum absolute atomic E-state index is 15.0. The lowest BCUT2D eigenvalue weighted by atomic mass is 9.63. The fourth-order valence-electron chi connectivity index (χ4n) is 5.85. The number of hydrogen-bond acceptors (Lipinski definition) is 4. The molecule has 2 aromatic carbocycles. The number of halogens is 3. The third kappa shape index (κ3) is 3.05. The highest BCUT2D eigenvalue weighted by Gasteiger charge is 2.67. The van der Waals surface area contributed by atoms with E-state index in [0.29, 0.717) is 11.8 Å². The van der Waals surface area contributed by atoms with Crippen LogP contribution in [0.2, 0.25) is 5.02 Å². The average Bonchev–Trinajstić information content (AvgIpc) is 3.58. The van der Waals surface area contributed by atoms with Crippen molar-refractivity contribution in [2.75, 3.05) is 11.5 Å². The van der Waals surface area contributed by atoms with Gasteiger partial charge in [0.2, 0.25) is 11.8 Å². The van der Waals surface area contributed by atoms with Gasteiger partial charge in [0.05, 0.1) is 22.5 Å². The normalized spacial score (nSPS) is 30.9. The van der Waals surface area contributed by atoms with Crippen molar-refractivity contribution >= 4 is 34.9 Å². The van der Waals surface area contributed by atoms with Crippen molar-refractivity contribution in [3.8, 4) is 5.75 Å². The highest BCUT2D eigenvalue weighted by Crippen LogP contribution is 2.65. The molecule has 8 heteroatoms. The van der Waals surface area contributed by atoms with E-state index in [1.807, 2.05) is 0 Å². The Bertz CT molecular complexity index is 1220. The van der Waals surface area contributed by atoms with Crippen LogP contribution in [0.5, 0.6) is 5.75 Å². The number of hydrogen-bond donors (Lipinski definition) is 0. The van der Waals surface area contributed by atoms with Crippen LogP contribution in [-0.2, 0) is 9.59 Å². The van der Waals surface area contributed by atoms with Crippen molar-refractivity contribution in [1.29, 1.82) is 0 Å². The third-order valence-corrected chi connectivity index (χ3v) is 7.72. The number of imide groups is 1. The first-order valence-electron chi connectivity index (χ1n) is 10.8. The molecule has 2 aromatic rings. The van der Waals surface area contributed by atoms with Crippen molar-refractivity contribution in [3.63, 3.8) is 0 Å². The maximum Gasteiger partial charge on any atom is 0.238 e. The molecule has 5 aliphatic rings. The van der Waals surface area contributed by atoms with Gasteiger partial charge in [-0.25, -0.2) is 13.7 Å². The average molecular weight is 470 g/mol. The van der Waals surface area contributed by atoms with Crippen LogP contribution in [-0.4, -0.2) is 24.2 Å². The Labute approximate surface area is 193 Å². The zero-order chi connectivity index (χ0) is 23.0. The molecule has 0 aromatic heterocycles. The second-order valence-corrected chi connectivity index (χ2v) is 9.53. The summed E-state index contributed by atoms with van der Waals surface area (Å²) >= 11 is 5.70. The topological polar surface area (TPSA) is 63.7 Å². The Kier molecular flexibility index (Phi) is 4.49. The summed E-state index contributed by atoms with van der Waals surface area (Å²) in [6.45, 7) is -0.412. The van der Waals surface area contributed by atoms with Gasteiger partial charge in [-0.2, -0.15) is 0 Å². The van der Waals surface area contributed by atoms with Crippen molar-refractivity contribution in [2.45, 2.75) is 6.42 Å². The van der Waals surface area contributed by atoms with Crippen LogP contribution in [0.4, 0.5) is 14.5 Å². The second-order valence-electron chi connectivity index (χ2n) is 9.12. The summed E-state index contributed by atoms with van der Waals surface area (Å²) in [7, 11) is 0. The lowest BCUT2D eigenvalue weighted by Crippen LogP contribution is -2.40. The Hall–Kier alpha value is -3.06. The number of Topliss-reactive ketones (excluding diaryl/α,β-unsaturated/α-hetero) is 1. The highest BCUT2D eigenvalue weighted by atomic mass is 35.5. The molecule has 168 valence electrons. The number of ketones is 1. The van der Waals surface area contributed by atoms with E-state index < -0.39 is 35.9 Å². The molecule has 1 heterocycles. The zero-order valence-corrected chi connectivity index (χ0v) is 18.0. The van der Waals surface area contributed by atoms with Crippen molar-refractivity contribution < 1.29 is 27.9 Å². The Morgan fingerprint density at radius 2 is 1.64 bits per heavy atom. The maximum atomic E-state index is 15.0. The lowest BCUT2D eigenvalue weighted by Gasteiger charge is -2.37. The number of carbonyl (C=O) groups is 3. The molecule has 2 bridgehead atoms. The van der Waals surface area contributed by atoms with Gasteiger partial charge in [-0.05, 0) is 60.4 Å². The van der Waals surface area contributed by atoms with E-state index in [9.17, 15) is 23.2 Å². The number of allylic oxidation sites excluding steroid dienone is 2. The van der Waals surface area contributed by atoms with Crippen molar-refractivity contribution in [1.82, 2.24) is 0 Å². The Balaban J connectivity index is 1.19. The molecule has 3 fully saturated rings. The van der Waals surface area contributed by atoms with Crippen LogP contribution in [0.3, 0.4) is 0 Å². The zero-order valence-electron chi connectivity index (χ0n) is 17.2. The number of carbonyl (C=O) groups excluding carboxylic acids is 3. The number of amides is 2. The first kappa shape index (κ1) is 20.5. The highest BCUT2D eigenvalue weighted by molar-refractivity contribution is 6.31. The number of anilines is 1. The minimum absolute atomic E-state index is 0.0584. The summed E-state index contributed by atoms with van der Waals surface area (Å²) in [6, 6.07) is 7.35. The first-order valence-corrected chi connectivity index (χ1v) is 11.2. The summed E-state index contributed by atoms with van der Waals surface area (Å²) in [6.07, 6.45) is 5.18. The number of benzene rings is 2. The Morgan fingerprint density at radius 1 is 0.970 bits per heavy atom. The third-order valence-electron chi connectivity index (χ3n) is 7.43. The van der Waals surface area contributed by atoms with E-state index in [1.54, 1.807) is 0 Å². The standard InChI is InChI=1S/C25H18ClF2NO4/c26-17-7-11(1-5-18(17)27)21(30)10-33-12-2-6-20(19(28)8-12)29-24(31)22-13-3-4-14(16-9-15(13)16)23(22)25(29)32/h1-8,13-16,22-23H,9-10H2/t13-,14+,15?,16?,22-,23+. The molecule has 2 unspecified atom stereocenters. The molecule has 1 saturated heterocycles. The van der Waals surface area contributed by atoms with Gasteiger partial charge in [-0.1, -0.05) is 23.8 Å². The predicted molar refractivity (Wildman–Crippen MR) is 115 cm³/mol. The summed E-state index contributed by atoms with van der Waals surface area (Å²) in [4.78, 5) is 39.6. The SMILES string of the molecule is O=C(COc1ccc(N2C(=O)[C@@H]3[C@H](C2=O)[C@@H]2C=C[C@H]3C3CC32)c(F)c1)c1ccc(F)c(Cl)c1. The van der Waals surface area contributed by atoms with Gasteiger partial charge in [-0.15, -0.1) is 0 Å². The van der Waals surface area contributed by atoms with Gasteiger partial charge in [0, 0.05) is 11.6 Å². The fraction of sp³-hybridized carbons (Fsp3) is 0.320. The number of rotatable bonds is 5. The van der Waals surface area contributed by atoms with E-state index >= 15 is 0 Å². The quantitative estimate of drug-likeness (QED) is 0.369. The Morgan fingerprint density at radius 3 is 2.24 bits per heavy atom. The van der Waals surface area contributed by atoms with Crippen LogP contribution in [0, 0.1) is 47.1 Å². The molecule has 2 saturated carbocycles. The largest absolute Gasteiger partial charge is 0.485 e. The number of nitrogens with zero attached hydrogens (tertiary/aromatic N) is 1. The van der Waals surface area contributed by atoms with Gasteiger partial charge in [-0.3, -0.25) is 14.4 Å². The smallest absolute Gasteiger partial charge is 0.238 e. The molecule has 7 rings (SSSR count). The van der Waals surface area contributed by atoms with E-state index in [4.69, 9.17) is 16.3 Å². The van der Waals surface area contributed by atoms with Crippen LogP contribution >= 0.6 is 11.6 Å². The summed E-state index contributed by atoms with van der Waals surface area (Å²) < 4.78 is 33.6. The molecule has 0 N–H and O–H groups in total. The molecule has 0 radical (unpaired) electrons. The summed E-state index contributed by atoms with van der Waals surface area (Å²) in [5.41, 5.74) is 0.0621. The molecule has 5 nitrogen and oxygen atoms in total. The summed E-state index contributed by atoms with van der Waals surface area (Å²) in [5.74, 6) is -2.27. The molecule has 0 spiro atoms. The van der Waals surface area contributed by atoms with Gasteiger partial charge in [0.15, 0.2) is 18.2 Å². The van der Waals surface area contributed by atoms with E-state index in [0.717, 1.165) is 23.5 Å². The van der Waals surface area contributed by atoms with Gasteiger partial charge >= 0.3 is 0 Å². The second kappa shape index (κ2) is 7.22. The van der Waals surface area contributed by atoms with Gasteiger partial charge in [0.1, 0.15) is 11.6 Å². The molecule has 33 heavy (non-hydrogen) atoms. The minimum Gasteiger partial charge on any atom is -0.485 e. The van der Waals surface area contributed by atoms with E-state index in [-0.39, 0.29) is 45.7 Å². The van der Waals surface area contributed by atoms with Crippen LogP contribution in [0.1, 0.15) is 16.8 Å². The molecule has 4 aliphatic carbocycles. The van der Waals surface area contributed by atoms with Crippen molar-refractivity contribution in [2.24, 2.45) is 35.5 Å². The molecule has 2 amide bonds. The van der Waals surface area contributed by atoms with Crippen molar-refractivity contribution in [3.05, 3.63) is 70.8 Å². The van der Waals surface area contributed by atoms with Gasteiger partial charge < -0.3 is 4.74 Å². The molecular formula is C25H18ClF2NO4. The van der Waals surface area contributed by atoms with Crippen LogP contribution in [0.25, 0.3) is 0 Å². The monoisotopic (exact) mass is 469 g/mol.